The van der Waals surface area contributed by atoms with Gasteiger partial charge in [-0.05, 0) is 6.07 Å². The number of aromatic nitrogens is 5. The summed E-state index contributed by atoms with van der Waals surface area (Å²) in [5.41, 5.74) is 7.49. The first-order chi connectivity index (χ1) is 9.36. The van der Waals surface area contributed by atoms with E-state index in [1.807, 2.05) is 12.3 Å². The van der Waals surface area contributed by atoms with Gasteiger partial charge in [0.25, 0.3) is 0 Å². The Bertz CT molecular complexity index is 760. The summed E-state index contributed by atoms with van der Waals surface area (Å²) in [6, 6.07) is 2.01. The van der Waals surface area contributed by atoms with Crippen LogP contribution in [0, 0.1) is 0 Å². The van der Waals surface area contributed by atoms with Gasteiger partial charge in [-0.3, -0.25) is 0 Å². The van der Waals surface area contributed by atoms with E-state index in [4.69, 9.17) is 17.3 Å². The van der Waals surface area contributed by atoms with Crippen LogP contribution in [0.2, 0.25) is 5.02 Å². The lowest BCUT2D eigenvalue weighted by Crippen LogP contribution is -2.11. The summed E-state index contributed by atoms with van der Waals surface area (Å²) >= 11 is 5.95. The lowest BCUT2D eigenvalue weighted by molar-refractivity contribution is 0.562. The minimum Gasteiger partial charge on any atom is -0.381 e. The third-order valence-electron chi connectivity index (χ3n) is 3.05. The predicted molar refractivity (Wildman–Crippen MR) is 78.2 cm³/mol. The molecule has 0 aliphatic rings. The molecule has 0 aromatic carbocycles. The van der Waals surface area contributed by atoms with Gasteiger partial charge >= 0.3 is 0 Å². The predicted octanol–water partition coefficient (Wildman–Crippen LogP) is 2.45. The van der Waals surface area contributed by atoms with E-state index in [0.717, 1.165) is 11.2 Å². The minimum absolute atomic E-state index is 0.0376. The molecule has 0 saturated carbocycles. The van der Waals surface area contributed by atoms with Crippen molar-refractivity contribution in [3.63, 3.8) is 0 Å². The highest BCUT2D eigenvalue weighted by Gasteiger charge is 2.20. The number of nitrogen functional groups attached to an aromatic ring is 1. The molecule has 0 radical (unpaired) electrons. The number of hydrogen-bond acceptors (Lipinski definition) is 4. The van der Waals surface area contributed by atoms with E-state index in [1.54, 1.807) is 21.6 Å². The largest absolute Gasteiger partial charge is 0.381 e. The van der Waals surface area contributed by atoms with Crippen molar-refractivity contribution in [2.45, 2.75) is 26.2 Å². The molecule has 0 aliphatic heterocycles. The molecule has 3 aromatic heterocycles. The molecule has 0 bridgehead atoms. The molecule has 2 N–H and O–H groups in total. The van der Waals surface area contributed by atoms with Crippen molar-refractivity contribution in [2.75, 3.05) is 5.73 Å². The smallest absolute Gasteiger partial charge is 0.179 e. The molecule has 3 heterocycles. The molecule has 0 saturated heterocycles. The van der Waals surface area contributed by atoms with Gasteiger partial charge in [0.05, 0.1) is 11.9 Å². The second-order valence-corrected chi connectivity index (χ2v) is 6.07. The first kappa shape index (κ1) is 12.9. The zero-order chi connectivity index (χ0) is 14.5. The number of nitrogens with two attached hydrogens (primary N) is 1. The van der Waals surface area contributed by atoms with Crippen LogP contribution in [0.25, 0.3) is 11.3 Å². The molecule has 20 heavy (non-hydrogen) atoms. The quantitative estimate of drug-likeness (QED) is 0.747. The molecule has 0 spiro atoms. The maximum absolute atomic E-state index is 5.95. The standard InChI is InChI=1S/C13H15ClN6/c1-13(2,3)10-6-9-12(16-4-5-19(9)17-10)20-7-8(14)11(15)18-20/h4-7H,1-3H3,(H2,15,18). The van der Waals surface area contributed by atoms with Crippen LogP contribution in [0.4, 0.5) is 5.82 Å². The molecule has 0 unspecified atom stereocenters. The van der Waals surface area contributed by atoms with E-state index in [-0.39, 0.29) is 11.2 Å². The highest BCUT2D eigenvalue weighted by atomic mass is 35.5. The van der Waals surface area contributed by atoms with Gasteiger partial charge in [0.2, 0.25) is 0 Å². The Morgan fingerprint density at radius 2 is 2.00 bits per heavy atom. The topological polar surface area (TPSA) is 74.0 Å². The molecule has 3 rings (SSSR count). The van der Waals surface area contributed by atoms with Crippen molar-refractivity contribution in [1.29, 1.82) is 0 Å². The van der Waals surface area contributed by atoms with Crippen LogP contribution in [0.5, 0.6) is 0 Å². The van der Waals surface area contributed by atoms with Crippen molar-refractivity contribution >= 4 is 22.9 Å². The lowest BCUT2D eigenvalue weighted by atomic mass is 9.92. The molecule has 6 nitrogen and oxygen atoms in total. The first-order valence-electron chi connectivity index (χ1n) is 6.22. The Labute approximate surface area is 121 Å². The highest BCUT2D eigenvalue weighted by molar-refractivity contribution is 6.32. The van der Waals surface area contributed by atoms with E-state index < -0.39 is 0 Å². The van der Waals surface area contributed by atoms with Crippen molar-refractivity contribution in [1.82, 2.24) is 24.4 Å². The molecule has 104 valence electrons. The third-order valence-corrected chi connectivity index (χ3v) is 3.34. The van der Waals surface area contributed by atoms with Crippen molar-refractivity contribution < 1.29 is 0 Å². The summed E-state index contributed by atoms with van der Waals surface area (Å²) in [6.07, 6.45) is 5.12. The van der Waals surface area contributed by atoms with Crippen LogP contribution in [-0.2, 0) is 5.41 Å². The summed E-state index contributed by atoms with van der Waals surface area (Å²) in [5.74, 6) is 0.931. The summed E-state index contributed by atoms with van der Waals surface area (Å²) in [5, 5.41) is 9.14. The Hall–Kier alpha value is -2.08. The van der Waals surface area contributed by atoms with Gasteiger partial charge in [0.15, 0.2) is 11.6 Å². The van der Waals surface area contributed by atoms with Gasteiger partial charge in [0.1, 0.15) is 10.5 Å². The fraction of sp³-hybridized carbons (Fsp3) is 0.308. The fourth-order valence-electron chi connectivity index (χ4n) is 1.93. The van der Waals surface area contributed by atoms with E-state index in [1.165, 1.54) is 0 Å². The summed E-state index contributed by atoms with van der Waals surface area (Å²) < 4.78 is 3.36. The average molecular weight is 291 g/mol. The average Bonchev–Trinajstić information content (AvgIpc) is 2.93. The maximum atomic E-state index is 5.95. The zero-order valence-electron chi connectivity index (χ0n) is 11.5. The number of rotatable bonds is 1. The van der Waals surface area contributed by atoms with E-state index in [2.05, 4.69) is 36.0 Å². The van der Waals surface area contributed by atoms with Gasteiger partial charge in [0, 0.05) is 17.8 Å². The summed E-state index contributed by atoms with van der Waals surface area (Å²) in [4.78, 5) is 4.35. The van der Waals surface area contributed by atoms with Crippen LogP contribution in [0.15, 0.2) is 24.7 Å². The van der Waals surface area contributed by atoms with Crippen LogP contribution in [0.3, 0.4) is 0 Å². The molecule has 0 amide bonds. The normalized spacial score (nSPS) is 12.2. The van der Waals surface area contributed by atoms with Gasteiger partial charge in [-0.15, -0.1) is 5.10 Å². The number of anilines is 1. The molecular weight excluding hydrogens is 276 g/mol. The number of halogens is 1. The zero-order valence-corrected chi connectivity index (χ0v) is 12.3. The van der Waals surface area contributed by atoms with Crippen LogP contribution >= 0.6 is 11.6 Å². The first-order valence-corrected chi connectivity index (χ1v) is 6.60. The highest BCUT2D eigenvalue weighted by Crippen LogP contribution is 2.25. The second kappa shape index (κ2) is 4.21. The molecule has 3 aromatic rings. The Morgan fingerprint density at radius 3 is 2.60 bits per heavy atom. The summed E-state index contributed by atoms with van der Waals surface area (Å²) in [6.45, 7) is 6.35. The van der Waals surface area contributed by atoms with Crippen LogP contribution in [-0.4, -0.2) is 24.4 Å². The Balaban J connectivity index is 2.23. The number of fused-ring (bicyclic) bond motifs is 1. The van der Waals surface area contributed by atoms with Crippen molar-refractivity contribution in [3.05, 3.63) is 35.4 Å². The van der Waals surface area contributed by atoms with Gasteiger partial charge in [-0.1, -0.05) is 32.4 Å². The Morgan fingerprint density at radius 1 is 1.25 bits per heavy atom. The maximum Gasteiger partial charge on any atom is 0.179 e. The van der Waals surface area contributed by atoms with Crippen LogP contribution < -0.4 is 5.73 Å². The second-order valence-electron chi connectivity index (χ2n) is 5.67. The van der Waals surface area contributed by atoms with Gasteiger partial charge in [-0.2, -0.15) is 5.10 Å². The number of hydrogen-bond donors (Lipinski definition) is 1. The monoisotopic (exact) mass is 290 g/mol. The summed E-state index contributed by atoms with van der Waals surface area (Å²) in [7, 11) is 0. The molecular formula is C13H15ClN6. The fourth-order valence-corrected chi connectivity index (χ4v) is 2.06. The van der Waals surface area contributed by atoms with Gasteiger partial charge in [-0.25, -0.2) is 14.2 Å². The lowest BCUT2D eigenvalue weighted by Gasteiger charge is -2.13. The number of nitrogens with zero attached hydrogens (tertiary/aromatic N) is 5. The van der Waals surface area contributed by atoms with E-state index >= 15 is 0 Å². The minimum atomic E-state index is -0.0376. The van der Waals surface area contributed by atoms with Gasteiger partial charge < -0.3 is 5.73 Å². The molecule has 0 fully saturated rings. The van der Waals surface area contributed by atoms with Crippen molar-refractivity contribution in [2.24, 2.45) is 0 Å². The third kappa shape index (κ3) is 2.02. The molecule has 7 heteroatoms. The van der Waals surface area contributed by atoms with Crippen molar-refractivity contribution in [3.8, 4) is 5.82 Å². The molecule has 0 atom stereocenters. The van der Waals surface area contributed by atoms with E-state index in [9.17, 15) is 0 Å². The molecule has 0 aliphatic carbocycles. The Kier molecular flexibility index (Phi) is 2.72. The van der Waals surface area contributed by atoms with Crippen LogP contribution in [0.1, 0.15) is 26.5 Å². The van der Waals surface area contributed by atoms with E-state index in [0.29, 0.717) is 10.8 Å². The SMILES string of the molecule is CC(C)(C)c1cc2c(-n3cc(Cl)c(N)n3)nccn2n1.